The van der Waals surface area contributed by atoms with Gasteiger partial charge in [-0.25, -0.2) is 0 Å². The number of thiophene rings is 1. The van der Waals surface area contributed by atoms with Gasteiger partial charge in [0.2, 0.25) is 0 Å². The predicted molar refractivity (Wildman–Crippen MR) is 111 cm³/mol. The van der Waals surface area contributed by atoms with Crippen molar-refractivity contribution in [2.24, 2.45) is 0 Å². The summed E-state index contributed by atoms with van der Waals surface area (Å²) in [5.41, 5.74) is 2.27. The van der Waals surface area contributed by atoms with Crippen molar-refractivity contribution in [3.63, 3.8) is 0 Å². The van der Waals surface area contributed by atoms with Gasteiger partial charge in [-0.15, -0.1) is 11.3 Å². The highest BCUT2D eigenvalue weighted by atomic mass is 35.5. The van der Waals surface area contributed by atoms with E-state index < -0.39 is 6.10 Å². The summed E-state index contributed by atoms with van der Waals surface area (Å²) in [6.07, 6.45) is 1.91. The fourth-order valence-electron chi connectivity index (χ4n) is 3.30. The third-order valence-electron chi connectivity index (χ3n) is 4.86. The normalized spacial score (nSPS) is 18.2. The molecule has 1 aliphatic heterocycles. The SMILES string of the molecule is Cc1cc(OCC(O)CN(Cc2sccc2C)CC2CCCO2)ccc1Cl. The number of hydrogen-bond donors (Lipinski definition) is 1. The van der Waals surface area contributed by atoms with Crippen molar-refractivity contribution in [1.82, 2.24) is 4.90 Å². The lowest BCUT2D eigenvalue weighted by Crippen LogP contribution is -2.39. The molecule has 0 amide bonds. The molecule has 0 saturated carbocycles. The Labute approximate surface area is 170 Å². The van der Waals surface area contributed by atoms with Crippen molar-refractivity contribution in [3.05, 3.63) is 50.7 Å². The maximum atomic E-state index is 10.5. The van der Waals surface area contributed by atoms with Gasteiger partial charge in [-0.1, -0.05) is 11.6 Å². The molecule has 0 spiro atoms. The number of aliphatic hydroxyl groups excluding tert-OH is 1. The Kier molecular flexibility index (Phi) is 7.56. The number of rotatable bonds is 9. The molecule has 27 heavy (non-hydrogen) atoms. The minimum atomic E-state index is -0.567. The first-order valence-corrected chi connectivity index (χ1v) is 10.7. The lowest BCUT2D eigenvalue weighted by atomic mass is 10.2. The number of aryl methyl sites for hydroxylation is 2. The van der Waals surface area contributed by atoms with Crippen molar-refractivity contribution in [1.29, 1.82) is 0 Å². The highest BCUT2D eigenvalue weighted by molar-refractivity contribution is 7.10. The van der Waals surface area contributed by atoms with Gasteiger partial charge in [0.15, 0.2) is 0 Å². The Morgan fingerprint density at radius 1 is 1.33 bits per heavy atom. The van der Waals surface area contributed by atoms with E-state index in [0.29, 0.717) is 6.54 Å². The molecule has 148 valence electrons. The molecule has 1 saturated heterocycles. The van der Waals surface area contributed by atoms with E-state index >= 15 is 0 Å². The van der Waals surface area contributed by atoms with Crippen LogP contribution in [0.1, 0.15) is 28.8 Å². The minimum absolute atomic E-state index is 0.256. The number of nitrogens with zero attached hydrogens (tertiary/aromatic N) is 1. The third-order valence-corrected chi connectivity index (χ3v) is 6.29. The molecule has 0 aliphatic carbocycles. The summed E-state index contributed by atoms with van der Waals surface area (Å²) < 4.78 is 11.6. The first kappa shape index (κ1) is 20.6. The van der Waals surface area contributed by atoms with Gasteiger partial charge >= 0.3 is 0 Å². The van der Waals surface area contributed by atoms with E-state index in [2.05, 4.69) is 23.3 Å². The van der Waals surface area contributed by atoms with Gasteiger partial charge in [-0.2, -0.15) is 0 Å². The molecule has 2 atom stereocenters. The van der Waals surface area contributed by atoms with Crippen LogP contribution in [0.3, 0.4) is 0 Å². The third kappa shape index (κ3) is 6.19. The Morgan fingerprint density at radius 2 is 2.19 bits per heavy atom. The van der Waals surface area contributed by atoms with Crippen LogP contribution >= 0.6 is 22.9 Å². The standard InChI is InChI=1S/C21H28ClNO3S/c1-15-7-9-27-21(15)13-23(12-19-4-3-8-25-19)11-17(24)14-26-18-5-6-20(22)16(2)10-18/h5-7,9-10,17,19,24H,3-4,8,11-14H2,1-2H3. The largest absolute Gasteiger partial charge is 0.491 e. The van der Waals surface area contributed by atoms with Crippen molar-refractivity contribution in [3.8, 4) is 5.75 Å². The zero-order valence-corrected chi connectivity index (χ0v) is 17.6. The van der Waals surface area contributed by atoms with Gasteiger partial charge in [-0.05, 0) is 67.5 Å². The second-order valence-corrected chi connectivity index (χ2v) is 8.64. The molecule has 6 heteroatoms. The fraction of sp³-hybridized carbons (Fsp3) is 0.524. The van der Waals surface area contributed by atoms with E-state index in [1.807, 2.05) is 25.1 Å². The van der Waals surface area contributed by atoms with Gasteiger partial charge in [0.05, 0.1) is 6.10 Å². The molecular weight excluding hydrogens is 382 g/mol. The van der Waals surface area contributed by atoms with Gasteiger partial charge in [0, 0.05) is 36.1 Å². The quantitative estimate of drug-likeness (QED) is 0.664. The average molecular weight is 410 g/mol. The number of hydrogen-bond acceptors (Lipinski definition) is 5. The predicted octanol–water partition coefficient (Wildman–Crippen LogP) is 4.44. The van der Waals surface area contributed by atoms with Crippen molar-refractivity contribution < 1.29 is 14.6 Å². The molecular formula is C21H28ClNO3S. The van der Waals surface area contributed by atoms with E-state index in [4.69, 9.17) is 21.1 Å². The summed E-state index contributed by atoms with van der Waals surface area (Å²) in [5, 5.41) is 13.4. The van der Waals surface area contributed by atoms with E-state index in [0.717, 1.165) is 48.9 Å². The lowest BCUT2D eigenvalue weighted by molar-refractivity contribution is 0.0316. The van der Waals surface area contributed by atoms with Crippen LogP contribution in [-0.2, 0) is 11.3 Å². The smallest absolute Gasteiger partial charge is 0.119 e. The van der Waals surface area contributed by atoms with E-state index in [1.54, 1.807) is 11.3 Å². The molecule has 2 aromatic rings. The molecule has 0 bridgehead atoms. The fourth-order valence-corrected chi connectivity index (χ4v) is 4.36. The van der Waals surface area contributed by atoms with E-state index in [-0.39, 0.29) is 12.7 Å². The molecule has 3 rings (SSSR count). The molecule has 1 aromatic heterocycles. The maximum Gasteiger partial charge on any atom is 0.119 e. The highest BCUT2D eigenvalue weighted by Crippen LogP contribution is 2.22. The van der Waals surface area contributed by atoms with Crippen LogP contribution < -0.4 is 4.74 Å². The number of aliphatic hydroxyl groups is 1. The Bertz CT molecular complexity index is 730. The monoisotopic (exact) mass is 409 g/mol. The summed E-state index contributed by atoms with van der Waals surface area (Å²) in [7, 11) is 0. The van der Waals surface area contributed by atoms with Crippen molar-refractivity contribution in [2.75, 3.05) is 26.3 Å². The van der Waals surface area contributed by atoms with Crippen LogP contribution in [0, 0.1) is 13.8 Å². The molecule has 1 fully saturated rings. The van der Waals surface area contributed by atoms with E-state index in [1.165, 1.54) is 10.4 Å². The van der Waals surface area contributed by atoms with E-state index in [9.17, 15) is 5.11 Å². The summed E-state index contributed by atoms with van der Waals surface area (Å²) >= 11 is 7.82. The second-order valence-electron chi connectivity index (χ2n) is 7.23. The van der Waals surface area contributed by atoms with Gasteiger partial charge in [-0.3, -0.25) is 4.90 Å². The average Bonchev–Trinajstić information content (AvgIpc) is 3.28. The summed E-state index contributed by atoms with van der Waals surface area (Å²) in [5.74, 6) is 0.732. The summed E-state index contributed by atoms with van der Waals surface area (Å²) in [6, 6.07) is 7.70. The van der Waals surface area contributed by atoms with Crippen molar-refractivity contribution in [2.45, 2.75) is 45.4 Å². The van der Waals surface area contributed by atoms with Crippen LogP contribution in [0.4, 0.5) is 0 Å². The van der Waals surface area contributed by atoms with Gasteiger partial charge in [0.25, 0.3) is 0 Å². The molecule has 2 heterocycles. The van der Waals surface area contributed by atoms with Crippen LogP contribution in [0.5, 0.6) is 5.75 Å². The Morgan fingerprint density at radius 3 is 2.85 bits per heavy atom. The maximum absolute atomic E-state index is 10.5. The molecule has 2 unspecified atom stereocenters. The van der Waals surface area contributed by atoms with Crippen LogP contribution in [-0.4, -0.2) is 48.5 Å². The summed E-state index contributed by atoms with van der Waals surface area (Å²) in [6.45, 7) is 7.42. The zero-order valence-electron chi connectivity index (χ0n) is 16.0. The number of benzene rings is 1. The lowest BCUT2D eigenvalue weighted by Gasteiger charge is -2.27. The molecule has 1 N–H and O–H groups in total. The second kappa shape index (κ2) is 9.89. The first-order valence-electron chi connectivity index (χ1n) is 9.45. The molecule has 1 aromatic carbocycles. The van der Waals surface area contributed by atoms with Crippen LogP contribution in [0.25, 0.3) is 0 Å². The minimum Gasteiger partial charge on any atom is -0.491 e. The van der Waals surface area contributed by atoms with Gasteiger partial charge in [0.1, 0.15) is 18.5 Å². The zero-order chi connectivity index (χ0) is 19.2. The van der Waals surface area contributed by atoms with Crippen LogP contribution in [0.2, 0.25) is 5.02 Å². The van der Waals surface area contributed by atoms with Crippen LogP contribution in [0.15, 0.2) is 29.6 Å². The topological polar surface area (TPSA) is 41.9 Å². The molecule has 0 radical (unpaired) electrons. The molecule has 4 nitrogen and oxygen atoms in total. The number of ether oxygens (including phenoxy) is 2. The first-order chi connectivity index (χ1) is 13.0. The Balaban J connectivity index is 1.56. The molecule has 1 aliphatic rings. The number of halogens is 1. The summed E-state index contributed by atoms with van der Waals surface area (Å²) in [4.78, 5) is 3.63. The highest BCUT2D eigenvalue weighted by Gasteiger charge is 2.22. The Hall–Kier alpha value is -1.11. The van der Waals surface area contributed by atoms with Gasteiger partial charge < -0.3 is 14.6 Å². The van der Waals surface area contributed by atoms with Crippen molar-refractivity contribution >= 4 is 22.9 Å².